The number of hydrogen-bond donors (Lipinski definition) is 0. The van der Waals surface area contributed by atoms with E-state index in [1.54, 1.807) is 12.1 Å². The quantitative estimate of drug-likeness (QED) is 0.155. The molecule has 0 bridgehead atoms. The van der Waals surface area contributed by atoms with Gasteiger partial charge in [0, 0.05) is 27.8 Å². The van der Waals surface area contributed by atoms with E-state index in [2.05, 4.69) is 105 Å². The molecule has 0 fully saturated rings. The lowest BCUT2D eigenvalue weighted by Gasteiger charge is -2.35. The van der Waals surface area contributed by atoms with Crippen molar-refractivity contribution in [1.82, 2.24) is 15.0 Å². The number of rotatable bonds is 8. The molecule has 0 saturated carbocycles. The molecule has 2 aliphatic carbocycles. The van der Waals surface area contributed by atoms with Gasteiger partial charge in [-0.1, -0.05) is 177 Å². The molecule has 0 atom stereocenters. The monoisotopic (exact) mass is 767 g/mol. The van der Waals surface area contributed by atoms with Crippen LogP contribution in [0, 0.1) is 0 Å². The van der Waals surface area contributed by atoms with Crippen LogP contribution >= 0.6 is 0 Å². The van der Waals surface area contributed by atoms with Gasteiger partial charge in [-0.2, -0.15) is 8.78 Å². The van der Waals surface area contributed by atoms with E-state index in [0.717, 1.165) is 28.7 Å². The van der Waals surface area contributed by atoms with Crippen LogP contribution in [0.4, 0.5) is 8.78 Å². The van der Waals surface area contributed by atoms with Crippen LogP contribution in [0.15, 0.2) is 194 Å². The number of nitrogens with zero attached hydrogens (tertiary/aromatic N) is 3. The number of allylic oxidation sites excluding steroid dienone is 4. The average molecular weight is 768 g/mol. The van der Waals surface area contributed by atoms with Crippen LogP contribution in [-0.4, -0.2) is 15.0 Å². The van der Waals surface area contributed by atoms with Crippen molar-refractivity contribution in [3.63, 3.8) is 0 Å². The van der Waals surface area contributed by atoms with E-state index in [1.807, 2.05) is 78.9 Å². The zero-order chi connectivity index (χ0) is 40.1. The van der Waals surface area contributed by atoms with Gasteiger partial charge >= 0.3 is 0 Å². The second-order valence-electron chi connectivity index (χ2n) is 15.2. The highest BCUT2D eigenvalue weighted by Gasteiger charge is 2.46. The molecule has 0 aliphatic heterocycles. The van der Waals surface area contributed by atoms with E-state index in [-0.39, 0.29) is 11.1 Å². The van der Waals surface area contributed by atoms with Crippen LogP contribution < -0.4 is 0 Å². The highest BCUT2D eigenvalue weighted by atomic mass is 19.3. The largest absolute Gasteiger partial charge is 0.299 e. The molecular formula is C54H39F2N3. The molecule has 0 unspecified atom stereocenters. The van der Waals surface area contributed by atoms with Crippen LogP contribution in [0.3, 0.4) is 0 Å². The van der Waals surface area contributed by atoms with Gasteiger partial charge in [0.1, 0.15) is 0 Å². The van der Waals surface area contributed by atoms with Gasteiger partial charge in [0.25, 0.3) is 5.92 Å². The molecule has 0 N–H and O–H groups in total. The maximum atomic E-state index is 16.4. The molecule has 3 nitrogen and oxygen atoms in total. The van der Waals surface area contributed by atoms with Gasteiger partial charge in [-0.25, -0.2) is 15.0 Å². The molecular weight excluding hydrogens is 729 g/mol. The highest BCUT2D eigenvalue weighted by Crippen LogP contribution is 2.56. The molecule has 0 amide bonds. The van der Waals surface area contributed by atoms with Gasteiger partial charge in [0.2, 0.25) is 0 Å². The normalized spacial score (nSPS) is 14.6. The molecule has 59 heavy (non-hydrogen) atoms. The van der Waals surface area contributed by atoms with Crippen LogP contribution in [-0.2, 0) is 11.3 Å². The lowest BCUT2D eigenvalue weighted by molar-refractivity contribution is 0.0480. The van der Waals surface area contributed by atoms with Gasteiger partial charge in [0.15, 0.2) is 17.5 Å². The molecule has 5 heteroatoms. The number of benzene rings is 7. The van der Waals surface area contributed by atoms with Crippen molar-refractivity contribution in [1.29, 1.82) is 0 Å². The summed E-state index contributed by atoms with van der Waals surface area (Å²) in [5, 5.41) is 0. The third-order valence-electron chi connectivity index (χ3n) is 11.9. The van der Waals surface area contributed by atoms with Crippen molar-refractivity contribution in [3.8, 4) is 56.4 Å². The fourth-order valence-corrected chi connectivity index (χ4v) is 9.10. The first-order chi connectivity index (χ1) is 28.9. The maximum Gasteiger partial charge on any atom is 0.299 e. The van der Waals surface area contributed by atoms with Gasteiger partial charge < -0.3 is 0 Å². The summed E-state index contributed by atoms with van der Waals surface area (Å²) < 4.78 is 32.7. The topological polar surface area (TPSA) is 38.7 Å². The molecule has 2 aliphatic rings. The summed E-state index contributed by atoms with van der Waals surface area (Å²) in [6.45, 7) is 4.40. The van der Waals surface area contributed by atoms with Gasteiger partial charge in [-0.15, -0.1) is 0 Å². The molecule has 284 valence electrons. The summed E-state index contributed by atoms with van der Waals surface area (Å²) in [7, 11) is 0. The minimum Gasteiger partial charge on any atom is -0.208 e. The highest BCUT2D eigenvalue weighted by molar-refractivity contribution is 5.92. The lowest BCUT2D eigenvalue weighted by atomic mass is 9.67. The average Bonchev–Trinajstić information content (AvgIpc) is 3.68. The standard InChI is InChI=1S/C54H39F2N3/c1-3-4-25-43-35(2)53(41-21-13-7-14-22-41,42-23-15-8-16-24-42)49-34-39(26-29-44(43)49)38-27-30-47-45(32-38)46-33-40(28-31-48(46)54(47,55)56)52-58-50(36-17-9-5-10-18-36)57-51(59-52)37-19-11-6-12-20-37/h4-34H,3H2,1-2H3/b25-4-. The minimum absolute atomic E-state index is 0.00688. The maximum absolute atomic E-state index is 16.4. The smallest absolute Gasteiger partial charge is 0.208 e. The Bertz CT molecular complexity index is 2840. The zero-order valence-electron chi connectivity index (χ0n) is 32.7. The molecule has 7 aromatic carbocycles. The van der Waals surface area contributed by atoms with Crippen molar-refractivity contribution in [3.05, 3.63) is 227 Å². The number of alkyl halides is 2. The zero-order valence-corrected chi connectivity index (χ0v) is 32.7. The van der Waals surface area contributed by atoms with Crippen LogP contribution in [0.1, 0.15) is 53.6 Å². The molecule has 1 heterocycles. The Labute approximate surface area is 343 Å². The van der Waals surface area contributed by atoms with Gasteiger partial charge in [-0.05, 0) is 87.2 Å². The summed E-state index contributed by atoms with van der Waals surface area (Å²) in [5.74, 6) is -1.72. The summed E-state index contributed by atoms with van der Waals surface area (Å²) >= 11 is 0. The van der Waals surface area contributed by atoms with Crippen molar-refractivity contribution in [2.45, 2.75) is 31.6 Å². The first-order valence-corrected chi connectivity index (χ1v) is 20.1. The van der Waals surface area contributed by atoms with Crippen molar-refractivity contribution in [2.24, 2.45) is 0 Å². The Morgan fingerprint density at radius 3 is 1.42 bits per heavy atom. The van der Waals surface area contributed by atoms with E-state index in [9.17, 15) is 0 Å². The molecule has 8 aromatic rings. The fourth-order valence-electron chi connectivity index (χ4n) is 9.10. The Morgan fingerprint density at radius 1 is 0.458 bits per heavy atom. The predicted molar refractivity (Wildman–Crippen MR) is 235 cm³/mol. The molecule has 0 spiro atoms. The van der Waals surface area contributed by atoms with E-state index >= 15 is 8.78 Å². The number of aromatic nitrogens is 3. The van der Waals surface area contributed by atoms with E-state index in [0.29, 0.717) is 34.2 Å². The summed E-state index contributed by atoms with van der Waals surface area (Å²) in [5.41, 5.74) is 11.7. The SMILES string of the molecule is CC/C=C\C1=C(C)C(c2ccccc2)(c2ccccc2)c2cc(-c3ccc4c(c3)-c3cc(-c5nc(-c6ccccc6)nc(-c6ccccc6)n5)ccc3C4(F)F)ccc21. The molecule has 0 saturated heterocycles. The molecule has 1 aromatic heterocycles. The second kappa shape index (κ2) is 14.4. The van der Waals surface area contributed by atoms with E-state index in [4.69, 9.17) is 15.0 Å². The number of halogens is 2. The number of fused-ring (bicyclic) bond motifs is 4. The third-order valence-corrected chi connectivity index (χ3v) is 11.9. The van der Waals surface area contributed by atoms with Crippen molar-refractivity contribution < 1.29 is 8.78 Å². The Morgan fingerprint density at radius 2 is 0.898 bits per heavy atom. The first kappa shape index (κ1) is 36.2. The molecule has 10 rings (SSSR count). The second-order valence-corrected chi connectivity index (χ2v) is 15.2. The Balaban J connectivity index is 1.13. The molecule has 0 radical (unpaired) electrons. The Kier molecular flexibility index (Phi) is 8.83. The summed E-state index contributed by atoms with van der Waals surface area (Å²) in [6.07, 6.45) is 5.40. The van der Waals surface area contributed by atoms with Crippen LogP contribution in [0.5, 0.6) is 0 Å². The first-order valence-electron chi connectivity index (χ1n) is 20.1. The summed E-state index contributed by atoms with van der Waals surface area (Å²) in [4.78, 5) is 14.6. The third kappa shape index (κ3) is 5.88. The van der Waals surface area contributed by atoms with Crippen molar-refractivity contribution in [2.75, 3.05) is 0 Å². The minimum atomic E-state index is -3.17. The summed E-state index contributed by atoms with van der Waals surface area (Å²) in [6, 6.07) is 57.9. The van der Waals surface area contributed by atoms with E-state index < -0.39 is 11.3 Å². The lowest BCUT2D eigenvalue weighted by Crippen LogP contribution is -2.29. The number of hydrogen-bond acceptors (Lipinski definition) is 3. The Hall–Kier alpha value is -7.11. The van der Waals surface area contributed by atoms with Gasteiger partial charge in [-0.3, -0.25) is 0 Å². The van der Waals surface area contributed by atoms with E-state index in [1.165, 1.54) is 39.5 Å². The fraction of sp³-hybridized carbons (Fsp3) is 0.0926. The van der Waals surface area contributed by atoms with Crippen LogP contribution in [0.2, 0.25) is 0 Å². The van der Waals surface area contributed by atoms with Gasteiger partial charge in [0.05, 0.1) is 5.41 Å². The predicted octanol–water partition coefficient (Wildman–Crippen LogP) is 13.7. The van der Waals surface area contributed by atoms with Crippen LogP contribution in [0.25, 0.3) is 62.0 Å². The van der Waals surface area contributed by atoms with Crippen molar-refractivity contribution >= 4 is 5.57 Å².